The van der Waals surface area contributed by atoms with E-state index in [4.69, 9.17) is 10.00 Å². The number of nitrogens with zero attached hydrogens (tertiary/aromatic N) is 4. The Bertz CT molecular complexity index is 571. The Morgan fingerprint density at radius 3 is 2.75 bits per heavy atom. The molecule has 3 rings (SSSR count). The van der Waals surface area contributed by atoms with Gasteiger partial charge in [0.05, 0.1) is 30.5 Å². The minimum Gasteiger partial charge on any atom is -0.379 e. The van der Waals surface area contributed by atoms with Gasteiger partial charge in [0.1, 0.15) is 0 Å². The van der Waals surface area contributed by atoms with Crippen LogP contribution in [-0.2, 0) is 11.3 Å². The van der Waals surface area contributed by atoms with E-state index in [1.165, 1.54) is 32.1 Å². The van der Waals surface area contributed by atoms with Crippen molar-refractivity contribution < 1.29 is 4.74 Å². The van der Waals surface area contributed by atoms with Crippen LogP contribution in [0.25, 0.3) is 0 Å². The van der Waals surface area contributed by atoms with Gasteiger partial charge in [0.25, 0.3) is 0 Å². The van der Waals surface area contributed by atoms with Gasteiger partial charge < -0.3 is 4.74 Å². The molecule has 1 aromatic heterocycles. The van der Waals surface area contributed by atoms with E-state index >= 15 is 0 Å². The van der Waals surface area contributed by atoms with Crippen molar-refractivity contribution in [2.45, 2.75) is 44.2 Å². The van der Waals surface area contributed by atoms with Gasteiger partial charge in [0, 0.05) is 37.9 Å². The predicted octanol–water partition coefficient (Wildman–Crippen LogP) is 2.42. The van der Waals surface area contributed by atoms with Crippen LogP contribution in [0.1, 0.15) is 43.4 Å². The normalized spacial score (nSPS) is 21.5. The van der Waals surface area contributed by atoms with Crippen LogP contribution in [0.3, 0.4) is 0 Å². The number of aromatic nitrogens is 1. The maximum absolute atomic E-state index is 9.06. The predicted molar refractivity (Wildman–Crippen MR) is 93.5 cm³/mol. The molecule has 0 unspecified atom stereocenters. The van der Waals surface area contributed by atoms with Crippen LogP contribution in [0.4, 0.5) is 0 Å². The molecule has 0 bridgehead atoms. The third kappa shape index (κ3) is 4.13. The van der Waals surface area contributed by atoms with E-state index in [2.05, 4.69) is 27.9 Å². The summed E-state index contributed by atoms with van der Waals surface area (Å²) < 4.78 is 5.57. The molecule has 2 fully saturated rings. The second-order valence-corrected chi connectivity index (χ2v) is 7.20. The molecule has 0 atom stereocenters. The molecular formula is C19H28N4O. The van der Waals surface area contributed by atoms with Crippen molar-refractivity contribution in [3.8, 4) is 6.07 Å². The van der Waals surface area contributed by atoms with Gasteiger partial charge in [0.2, 0.25) is 0 Å². The van der Waals surface area contributed by atoms with Gasteiger partial charge in [-0.2, -0.15) is 5.26 Å². The Hall–Kier alpha value is -1.48. The van der Waals surface area contributed by atoms with Crippen LogP contribution in [0.2, 0.25) is 0 Å². The number of hydrogen-bond acceptors (Lipinski definition) is 5. The molecule has 5 nitrogen and oxygen atoms in total. The van der Waals surface area contributed by atoms with Crippen LogP contribution in [0.5, 0.6) is 0 Å². The lowest BCUT2D eigenvalue weighted by molar-refractivity contribution is -0.0492. The summed E-state index contributed by atoms with van der Waals surface area (Å²) in [7, 11) is 2.18. The first-order valence-corrected chi connectivity index (χ1v) is 9.08. The molecule has 1 aliphatic carbocycles. The molecule has 0 aromatic carbocycles. The maximum atomic E-state index is 9.06. The molecule has 1 aliphatic heterocycles. The molecule has 5 heteroatoms. The summed E-state index contributed by atoms with van der Waals surface area (Å²) in [6, 6.07) is 5.87. The average molecular weight is 328 g/mol. The zero-order chi connectivity index (χ0) is 16.8. The largest absolute Gasteiger partial charge is 0.379 e. The van der Waals surface area contributed by atoms with Crippen molar-refractivity contribution in [3.05, 3.63) is 29.6 Å². The van der Waals surface area contributed by atoms with Gasteiger partial charge in [-0.15, -0.1) is 0 Å². The highest BCUT2D eigenvalue weighted by Crippen LogP contribution is 2.35. The SMILES string of the molecule is CN(Cc1cc(C#N)ccn1)CC1(N2CCOCC2)CCCCC1. The van der Waals surface area contributed by atoms with Gasteiger partial charge in [-0.1, -0.05) is 19.3 Å². The van der Waals surface area contributed by atoms with Gasteiger partial charge in [0.15, 0.2) is 0 Å². The lowest BCUT2D eigenvalue weighted by Gasteiger charge is -2.49. The van der Waals surface area contributed by atoms with Crippen LogP contribution in [-0.4, -0.2) is 60.2 Å². The van der Waals surface area contributed by atoms with Crippen molar-refractivity contribution >= 4 is 0 Å². The fourth-order valence-electron chi connectivity index (χ4n) is 4.29. The summed E-state index contributed by atoms with van der Waals surface area (Å²) in [6.45, 7) is 5.67. The molecule has 0 N–H and O–H groups in total. The minimum absolute atomic E-state index is 0.281. The van der Waals surface area contributed by atoms with E-state index in [1.807, 2.05) is 6.07 Å². The molecule has 1 saturated carbocycles. The molecule has 0 amide bonds. The second kappa shape index (κ2) is 8.06. The molecule has 130 valence electrons. The zero-order valence-corrected chi connectivity index (χ0v) is 14.7. The Kier molecular flexibility index (Phi) is 5.83. The molecule has 2 aliphatic rings. The summed E-state index contributed by atoms with van der Waals surface area (Å²) in [5.41, 5.74) is 1.95. The van der Waals surface area contributed by atoms with Gasteiger partial charge in [-0.05, 0) is 32.0 Å². The Morgan fingerprint density at radius 2 is 2.04 bits per heavy atom. The van der Waals surface area contributed by atoms with E-state index in [0.29, 0.717) is 5.56 Å². The molecule has 24 heavy (non-hydrogen) atoms. The number of nitriles is 1. The quantitative estimate of drug-likeness (QED) is 0.831. The third-order valence-electron chi connectivity index (χ3n) is 5.41. The average Bonchev–Trinajstić information content (AvgIpc) is 2.63. The lowest BCUT2D eigenvalue weighted by Crippen LogP contribution is -2.59. The standard InChI is InChI=1S/C19H28N4O/c1-22(15-18-13-17(14-20)5-8-21-18)16-19(6-3-2-4-7-19)23-9-11-24-12-10-23/h5,8,13H,2-4,6-7,9-12,15-16H2,1H3. The number of hydrogen-bond donors (Lipinski definition) is 0. The third-order valence-corrected chi connectivity index (χ3v) is 5.41. The van der Waals surface area contributed by atoms with Gasteiger partial charge >= 0.3 is 0 Å². The first kappa shape index (κ1) is 17.3. The smallest absolute Gasteiger partial charge is 0.0992 e. The number of ether oxygens (including phenoxy) is 1. The van der Waals surface area contributed by atoms with Crippen molar-refractivity contribution in [2.24, 2.45) is 0 Å². The molecule has 1 saturated heterocycles. The van der Waals surface area contributed by atoms with Crippen LogP contribution in [0, 0.1) is 11.3 Å². The minimum atomic E-state index is 0.281. The second-order valence-electron chi connectivity index (χ2n) is 7.20. The number of morpholine rings is 1. The first-order chi connectivity index (χ1) is 11.7. The summed E-state index contributed by atoms with van der Waals surface area (Å²) in [5.74, 6) is 0. The Morgan fingerprint density at radius 1 is 1.29 bits per heavy atom. The summed E-state index contributed by atoms with van der Waals surface area (Å²) >= 11 is 0. The highest BCUT2D eigenvalue weighted by molar-refractivity contribution is 5.28. The summed E-state index contributed by atoms with van der Waals surface area (Å²) in [6.07, 6.45) is 8.31. The molecule has 0 spiro atoms. The summed E-state index contributed by atoms with van der Waals surface area (Å²) in [5, 5.41) is 9.06. The van der Waals surface area contributed by atoms with Gasteiger partial charge in [-0.3, -0.25) is 14.8 Å². The van der Waals surface area contributed by atoms with Crippen LogP contribution < -0.4 is 0 Å². The fraction of sp³-hybridized carbons (Fsp3) is 0.684. The van der Waals surface area contributed by atoms with Crippen molar-refractivity contribution in [1.29, 1.82) is 5.26 Å². The molecule has 1 aromatic rings. The lowest BCUT2D eigenvalue weighted by atomic mass is 9.79. The fourth-order valence-corrected chi connectivity index (χ4v) is 4.29. The topological polar surface area (TPSA) is 52.4 Å². The highest BCUT2D eigenvalue weighted by atomic mass is 16.5. The van der Waals surface area contributed by atoms with E-state index in [0.717, 1.165) is 45.1 Å². The van der Waals surface area contributed by atoms with E-state index in [-0.39, 0.29) is 5.54 Å². The number of likely N-dealkylation sites (N-methyl/N-ethyl adjacent to an activating group) is 1. The molecule has 2 heterocycles. The Labute approximate surface area is 145 Å². The monoisotopic (exact) mass is 328 g/mol. The van der Waals surface area contributed by atoms with E-state index in [1.54, 1.807) is 12.3 Å². The van der Waals surface area contributed by atoms with Crippen molar-refractivity contribution in [1.82, 2.24) is 14.8 Å². The molecular weight excluding hydrogens is 300 g/mol. The zero-order valence-electron chi connectivity index (χ0n) is 14.7. The Balaban J connectivity index is 1.68. The van der Waals surface area contributed by atoms with E-state index in [9.17, 15) is 0 Å². The van der Waals surface area contributed by atoms with Crippen LogP contribution in [0.15, 0.2) is 18.3 Å². The van der Waals surface area contributed by atoms with Crippen molar-refractivity contribution in [2.75, 3.05) is 39.9 Å². The van der Waals surface area contributed by atoms with Crippen LogP contribution >= 0.6 is 0 Å². The van der Waals surface area contributed by atoms with Gasteiger partial charge in [-0.25, -0.2) is 0 Å². The number of pyridine rings is 1. The summed E-state index contributed by atoms with van der Waals surface area (Å²) in [4.78, 5) is 9.48. The molecule has 0 radical (unpaired) electrons. The van der Waals surface area contributed by atoms with Crippen molar-refractivity contribution in [3.63, 3.8) is 0 Å². The highest BCUT2D eigenvalue weighted by Gasteiger charge is 2.39. The number of rotatable bonds is 5. The van der Waals surface area contributed by atoms with E-state index < -0.39 is 0 Å². The maximum Gasteiger partial charge on any atom is 0.0992 e. The first-order valence-electron chi connectivity index (χ1n) is 9.08.